The molecule has 0 amide bonds. The van der Waals surface area contributed by atoms with Crippen LogP contribution < -0.4 is 0 Å². The summed E-state index contributed by atoms with van der Waals surface area (Å²) in [6.07, 6.45) is 1.31. The third-order valence-corrected chi connectivity index (χ3v) is 4.63. The topological polar surface area (TPSA) is 115 Å². The Hall–Kier alpha value is -3.78. The largest absolute Gasteiger partial charge is 0.506 e. The first-order valence-corrected chi connectivity index (χ1v) is 9.07. The Morgan fingerprint density at radius 2 is 1.90 bits per heavy atom. The average molecular weight is 426 g/mol. The number of aromatic hydroxyl groups is 1. The van der Waals surface area contributed by atoms with E-state index in [-0.39, 0.29) is 50.2 Å². The van der Waals surface area contributed by atoms with Crippen molar-refractivity contribution in [3.05, 3.63) is 80.6 Å². The molecule has 0 spiro atoms. The van der Waals surface area contributed by atoms with Crippen LogP contribution in [0, 0.1) is 17.0 Å². The second kappa shape index (κ2) is 8.71. The number of carbonyl (C=O) groups is 1. The van der Waals surface area contributed by atoms with E-state index in [4.69, 9.17) is 16.3 Å². The van der Waals surface area contributed by atoms with Crippen LogP contribution in [-0.4, -0.2) is 34.3 Å². The van der Waals surface area contributed by atoms with Crippen LogP contribution in [0.2, 0.25) is 5.15 Å². The van der Waals surface area contributed by atoms with E-state index in [2.05, 4.69) is 9.98 Å². The van der Waals surface area contributed by atoms with Crippen LogP contribution in [0.4, 0.5) is 11.4 Å². The van der Waals surface area contributed by atoms with Crippen molar-refractivity contribution in [3.63, 3.8) is 0 Å². The molecule has 0 fully saturated rings. The SMILES string of the molecule is COC(=O)c1c(C)nc(Cl)c(C=Nc2ccccc2O)c1-c1ccccc1[N+](=O)[O-]. The van der Waals surface area contributed by atoms with E-state index in [0.717, 1.165) is 0 Å². The highest BCUT2D eigenvalue weighted by Crippen LogP contribution is 2.38. The maximum atomic E-state index is 12.5. The standard InChI is InChI=1S/C21H16ClN3O5/c1-12-18(21(27)30-2)19(13-7-3-5-9-16(13)25(28)29)14(20(22)24-12)11-23-15-8-4-6-10-17(15)26/h3-11,26H,1-2H3. The van der Waals surface area contributed by atoms with E-state index < -0.39 is 10.9 Å². The number of aromatic nitrogens is 1. The van der Waals surface area contributed by atoms with Gasteiger partial charge in [-0.15, -0.1) is 0 Å². The van der Waals surface area contributed by atoms with Crippen molar-refractivity contribution in [2.24, 2.45) is 4.99 Å². The third kappa shape index (κ3) is 3.99. The van der Waals surface area contributed by atoms with Gasteiger partial charge in [-0.05, 0) is 25.1 Å². The molecule has 0 atom stereocenters. The molecule has 1 N–H and O–H groups in total. The summed E-state index contributed by atoms with van der Waals surface area (Å²) in [6.45, 7) is 1.56. The Morgan fingerprint density at radius 1 is 1.23 bits per heavy atom. The number of carbonyl (C=O) groups excluding carboxylic acids is 1. The Bertz CT molecular complexity index is 1180. The van der Waals surface area contributed by atoms with Gasteiger partial charge < -0.3 is 9.84 Å². The molecule has 1 aromatic heterocycles. The Kier molecular flexibility index (Phi) is 6.08. The molecule has 3 rings (SSSR count). The monoisotopic (exact) mass is 425 g/mol. The molecule has 3 aromatic rings. The lowest BCUT2D eigenvalue weighted by molar-refractivity contribution is -0.384. The molecule has 0 saturated carbocycles. The van der Waals surface area contributed by atoms with Crippen LogP contribution in [0.25, 0.3) is 11.1 Å². The summed E-state index contributed by atoms with van der Waals surface area (Å²) >= 11 is 6.36. The smallest absolute Gasteiger partial charge is 0.340 e. The molecular formula is C21H16ClN3O5. The first-order chi connectivity index (χ1) is 14.3. The lowest BCUT2D eigenvalue weighted by Crippen LogP contribution is -2.11. The van der Waals surface area contributed by atoms with Gasteiger partial charge in [0, 0.05) is 23.4 Å². The summed E-state index contributed by atoms with van der Waals surface area (Å²) in [7, 11) is 1.20. The molecular weight excluding hydrogens is 410 g/mol. The number of para-hydroxylation sites is 3. The third-order valence-electron chi connectivity index (χ3n) is 4.34. The highest BCUT2D eigenvalue weighted by molar-refractivity contribution is 6.33. The molecule has 0 aliphatic carbocycles. The zero-order chi connectivity index (χ0) is 21.8. The lowest BCUT2D eigenvalue weighted by atomic mass is 9.93. The van der Waals surface area contributed by atoms with Crippen LogP contribution in [0.3, 0.4) is 0 Å². The minimum absolute atomic E-state index is 0.00697. The highest BCUT2D eigenvalue weighted by Gasteiger charge is 2.27. The minimum atomic E-state index is -0.720. The van der Waals surface area contributed by atoms with Gasteiger partial charge in [-0.3, -0.25) is 15.1 Å². The van der Waals surface area contributed by atoms with E-state index in [1.54, 1.807) is 31.2 Å². The number of aryl methyl sites for hydroxylation is 1. The van der Waals surface area contributed by atoms with Crippen molar-refractivity contribution in [1.29, 1.82) is 0 Å². The van der Waals surface area contributed by atoms with Crippen LogP contribution >= 0.6 is 11.6 Å². The second-order valence-electron chi connectivity index (χ2n) is 6.16. The first-order valence-electron chi connectivity index (χ1n) is 8.69. The van der Waals surface area contributed by atoms with Gasteiger partial charge in [-0.2, -0.15) is 0 Å². The van der Waals surface area contributed by atoms with E-state index in [1.165, 1.54) is 37.6 Å². The Morgan fingerprint density at radius 3 is 2.57 bits per heavy atom. The van der Waals surface area contributed by atoms with E-state index in [0.29, 0.717) is 0 Å². The van der Waals surface area contributed by atoms with Crippen molar-refractivity contribution in [1.82, 2.24) is 4.98 Å². The molecule has 2 aromatic carbocycles. The van der Waals surface area contributed by atoms with Crippen molar-refractivity contribution in [2.75, 3.05) is 7.11 Å². The predicted molar refractivity (Wildman–Crippen MR) is 113 cm³/mol. The summed E-state index contributed by atoms with van der Waals surface area (Å²) in [6, 6.07) is 12.3. The normalized spacial score (nSPS) is 10.9. The maximum absolute atomic E-state index is 12.5. The number of nitro benzene ring substituents is 1. The molecule has 0 unspecified atom stereocenters. The number of aliphatic imine (C=N–C) groups is 1. The minimum Gasteiger partial charge on any atom is -0.506 e. The van der Waals surface area contributed by atoms with Gasteiger partial charge in [0.15, 0.2) is 0 Å². The number of nitro groups is 1. The summed E-state index contributed by atoms with van der Waals surface area (Å²) in [5.41, 5.74) is 0.832. The molecule has 8 nitrogen and oxygen atoms in total. The number of phenols is 1. The van der Waals surface area contributed by atoms with Gasteiger partial charge in [0.2, 0.25) is 0 Å². The number of halogens is 1. The van der Waals surface area contributed by atoms with E-state index in [1.807, 2.05) is 0 Å². The second-order valence-corrected chi connectivity index (χ2v) is 6.52. The number of pyridine rings is 1. The van der Waals surface area contributed by atoms with E-state index >= 15 is 0 Å². The van der Waals surface area contributed by atoms with Crippen LogP contribution in [0.15, 0.2) is 53.5 Å². The Labute approximate surface area is 176 Å². The van der Waals surface area contributed by atoms with Gasteiger partial charge in [0.1, 0.15) is 16.6 Å². The molecule has 30 heavy (non-hydrogen) atoms. The van der Waals surface area contributed by atoms with Gasteiger partial charge in [-0.25, -0.2) is 9.78 Å². The van der Waals surface area contributed by atoms with Gasteiger partial charge in [-0.1, -0.05) is 35.9 Å². The number of esters is 1. The molecule has 0 saturated heterocycles. The number of hydrogen-bond donors (Lipinski definition) is 1. The number of benzene rings is 2. The number of ether oxygens (including phenoxy) is 1. The van der Waals surface area contributed by atoms with Crippen molar-refractivity contribution in [3.8, 4) is 16.9 Å². The maximum Gasteiger partial charge on any atom is 0.340 e. The molecule has 1 heterocycles. The highest BCUT2D eigenvalue weighted by atomic mass is 35.5. The molecule has 0 radical (unpaired) electrons. The molecule has 9 heteroatoms. The summed E-state index contributed by atoms with van der Waals surface area (Å²) in [4.78, 5) is 32.0. The number of methoxy groups -OCH3 is 1. The van der Waals surface area contributed by atoms with Crippen molar-refractivity contribution >= 4 is 35.2 Å². The molecule has 0 bridgehead atoms. The van der Waals surface area contributed by atoms with Crippen LogP contribution in [-0.2, 0) is 4.74 Å². The number of nitrogens with zero attached hydrogens (tertiary/aromatic N) is 3. The van der Waals surface area contributed by atoms with Gasteiger partial charge in [0.05, 0.1) is 28.9 Å². The van der Waals surface area contributed by atoms with Gasteiger partial charge >= 0.3 is 5.97 Å². The van der Waals surface area contributed by atoms with Crippen molar-refractivity contribution < 1.29 is 19.6 Å². The van der Waals surface area contributed by atoms with E-state index in [9.17, 15) is 20.0 Å². The summed E-state index contributed by atoms with van der Waals surface area (Å²) < 4.78 is 4.88. The fourth-order valence-corrected chi connectivity index (χ4v) is 3.25. The Balaban J connectivity index is 2.37. The van der Waals surface area contributed by atoms with Crippen molar-refractivity contribution in [2.45, 2.75) is 6.92 Å². The molecule has 0 aliphatic rings. The fourth-order valence-electron chi connectivity index (χ4n) is 2.98. The molecule has 152 valence electrons. The lowest BCUT2D eigenvalue weighted by Gasteiger charge is -2.15. The summed E-state index contributed by atoms with van der Waals surface area (Å²) in [5.74, 6) is -0.785. The number of hydrogen-bond acceptors (Lipinski definition) is 7. The quantitative estimate of drug-likeness (QED) is 0.205. The number of rotatable bonds is 5. The number of phenolic OH excluding ortho intramolecular Hbond substituents is 1. The van der Waals surface area contributed by atoms with Crippen LogP contribution in [0.5, 0.6) is 5.75 Å². The predicted octanol–water partition coefficient (Wildman–Crippen LogP) is 4.86. The summed E-state index contributed by atoms with van der Waals surface area (Å²) in [5, 5.41) is 21.6. The zero-order valence-corrected chi connectivity index (χ0v) is 16.8. The average Bonchev–Trinajstić information content (AvgIpc) is 2.73. The molecule has 0 aliphatic heterocycles. The van der Waals surface area contributed by atoms with Gasteiger partial charge in [0.25, 0.3) is 5.69 Å². The van der Waals surface area contributed by atoms with Crippen LogP contribution in [0.1, 0.15) is 21.6 Å². The fraction of sp³-hybridized carbons (Fsp3) is 0.0952. The first kappa shape index (κ1) is 20.9. The zero-order valence-electron chi connectivity index (χ0n) is 16.0.